The molecule has 0 bridgehead atoms. The number of carbonyl (C=O) groups excluding carboxylic acids is 2. The van der Waals surface area contributed by atoms with Crippen molar-refractivity contribution in [3.8, 4) is 11.3 Å². The van der Waals surface area contributed by atoms with Gasteiger partial charge in [0.1, 0.15) is 11.3 Å². The van der Waals surface area contributed by atoms with Crippen LogP contribution in [0.2, 0.25) is 0 Å². The molecule has 5 aromatic rings. The smallest absolute Gasteiger partial charge is 0.251 e. The standard InChI is InChI=1S/C37H39N2O5P/c1-37(2,3)30-17-13-26(14-18-30)32(23-25-9-11-28(12-10-25)35(40)38-21-22-45(4,42)43)36(41)39-31-19-15-27(16-20-31)34-24-29-7-5-6-8-33(29)44-34/h5-20,24,32H,21-23H2,1-4H3,(H,38,40)(H,39,41)(H,42,43). The molecule has 1 heterocycles. The molecule has 8 heteroatoms. The lowest BCUT2D eigenvalue weighted by Gasteiger charge is -2.22. The van der Waals surface area contributed by atoms with Gasteiger partial charge in [-0.2, -0.15) is 0 Å². The van der Waals surface area contributed by atoms with Crippen molar-refractivity contribution in [2.24, 2.45) is 0 Å². The minimum Gasteiger partial charge on any atom is -0.456 e. The van der Waals surface area contributed by atoms with Crippen LogP contribution in [0.25, 0.3) is 22.3 Å². The molecule has 0 aliphatic heterocycles. The van der Waals surface area contributed by atoms with Crippen LogP contribution in [-0.2, 0) is 21.2 Å². The summed E-state index contributed by atoms with van der Waals surface area (Å²) in [5, 5.41) is 6.82. The molecule has 4 aromatic carbocycles. The predicted molar refractivity (Wildman–Crippen MR) is 181 cm³/mol. The van der Waals surface area contributed by atoms with Gasteiger partial charge in [-0.15, -0.1) is 0 Å². The van der Waals surface area contributed by atoms with E-state index in [0.717, 1.165) is 33.4 Å². The summed E-state index contributed by atoms with van der Waals surface area (Å²) in [5.41, 5.74) is 5.85. The first-order valence-electron chi connectivity index (χ1n) is 15.0. The van der Waals surface area contributed by atoms with Gasteiger partial charge in [-0.05, 0) is 77.1 Å². The lowest BCUT2D eigenvalue weighted by Crippen LogP contribution is -2.26. The van der Waals surface area contributed by atoms with Crippen LogP contribution in [0.4, 0.5) is 5.69 Å². The molecule has 0 spiro atoms. The number of anilines is 1. The van der Waals surface area contributed by atoms with Gasteiger partial charge in [0.15, 0.2) is 7.37 Å². The SMILES string of the molecule is CC(C)(C)c1ccc(C(Cc2ccc(C(=O)NCCP(C)(=O)O)cc2)C(=O)Nc2ccc(-c3cc4ccccc4o3)cc2)cc1. The Morgan fingerprint density at radius 1 is 0.889 bits per heavy atom. The number of nitrogens with one attached hydrogen (secondary N) is 2. The summed E-state index contributed by atoms with van der Waals surface area (Å²) in [7, 11) is -3.19. The van der Waals surface area contributed by atoms with E-state index >= 15 is 0 Å². The van der Waals surface area contributed by atoms with Gasteiger partial charge in [0.25, 0.3) is 5.91 Å². The molecular formula is C37H39N2O5P. The van der Waals surface area contributed by atoms with E-state index in [1.807, 2.05) is 78.9 Å². The third kappa shape index (κ3) is 8.39. The lowest BCUT2D eigenvalue weighted by molar-refractivity contribution is -0.117. The maximum Gasteiger partial charge on any atom is 0.251 e. The highest BCUT2D eigenvalue weighted by Gasteiger charge is 2.23. The van der Waals surface area contributed by atoms with E-state index in [2.05, 4.69) is 43.5 Å². The number of benzene rings is 4. The molecule has 0 radical (unpaired) electrons. The number of fused-ring (bicyclic) bond motifs is 1. The maximum absolute atomic E-state index is 13.8. The Bertz CT molecular complexity index is 1800. The second-order valence-electron chi connectivity index (χ2n) is 12.6. The highest BCUT2D eigenvalue weighted by atomic mass is 31.2. The Kier molecular flexibility index (Phi) is 9.42. The van der Waals surface area contributed by atoms with E-state index in [0.29, 0.717) is 17.7 Å². The zero-order valence-electron chi connectivity index (χ0n) is 26.0. The first kappa shape index (κ1) is 32.0. The zero-order chi connectivity index (χ0) is 32.2. The van der Waals surface area contributed by atoms with Crippen molar-refractivity contribution < 1.29 is 23.5 Å². The molecule has 0 aliphatic carbocycles. The number of hydrogen-bond donors (Lipinski definition) is 3. The summed E-state index contributed by atoms with van der Waals surface area (Å²) >= 11 is 0. The van der Waals surface area contributed by atoms with Gasteiger partial charge in [0.05, 0.1) is 5.92 Å². The summed E-state index contributed by atoms with van der Waals surface area (Å²) < 4.78 is 17.5. The number of rotatable bonds is 10. The van der Waals surface area contributed by atoms with Gasteiger partial charge in [0, 0.05) is 41.6 Å². The third-order valence-electron chi connectivity index (χ3n) is 7.83. The van der Waals surface area contributed by atoms with Gasteiger partial charge in [-0.1, -0.05) is 75.4 Å². The molecular weight excluding hydrogens is 583 g/mol. The van der Waals surface area contributed by atoms with Crippen molar-refractivity contribution in [1.82, 2.24) is 5.32 Å². The Morgan fingerprint density at radius 2 is 1.56 bits per heavy atom. The molecule has 2 unspecified atom stereocenters. The van der Waals surface area contributed by atoms with Gasteiger partial charge in [-0.25, -0.2) is 0 Å². The maximum atomic E-state index is 13.8. The van der Waals surface area contributed by atoms with Gasteiger partial charge < -0.3 is 19.9 Å². The number of furan rings is 1. The molecule has 7 nitrogen and oxygen atoms in total. The average Bonchev–Trinajstić information content (AvgIpc) is 3.44. The first-order valence-corrected chi connectivity index (χ1v) is 17.3. The van der Waals surface area contributed by atoms with Crippen molar-refractivity contribution in [1.29, 1.82) is 0 Å². The summed E-state index contributed by atoms with van der Waals surface area (Å²) in [4.78, 5) is 35.8. The fourth-order valence-corrected chi connectivity index (χ4v) is 5.68. The molecule has 2 amide bonds. The predicted octanol–water partition coefficient (Wildman–Crippen LogP) is 7.99. The summed E-state index contributed by atoms with van der Waals surface area (Å²) in [6, 6.07) is 32.8. The largest absolute Gasteiger partial charge is 0.456 e. The van der Waals surface area contributed by atoms with Crippen LogP contribution in [0.15, 0.2) is 108 Å². The molecule has 45 heavy (non-hydrogen) atoms. The Labute approximate surface area is 264 Å². The first-order chi connectivity index (χ1) is 21.4. The topological polar surface area (TPSA) is 109 Å². The highest BCUT2D eigenvalue weighted by Crippen LogP contribution is 2.34. The quantitative estimate of drug-likeness (QED) is 0.137. The molecule has 0 fully saturated rings. The lowest BCUT2D eigenvalue weighted by atomic mass is 9.84. The van der Waals surface area contributed by atoms with Crippen molar-refractivity contribution >= 4 is 35.8 Å². The monoisotopic (exact) mass is 622 g/mol. The summed E-state index contributed by atoms with van der Waals surface area (Å²) in [5.74, 6) is -0.156. The van der Waals surface area contributed by atoms with E-state index < -0.39 is 13.3 Å². The van der Waals surface area contributed by atoms with Crippen LogP contribution in [-0.4, -0.2) is 36.1 Å². The average molecular weight is 623 g/mol. The molecule has 2 atom stereocenters. The zero-order valence-corrected chi connectivity index (χ0v) is 26.9. The van der Waals surface area contributed by atoms with Crippen LogP contribution in [0, 0.1) is 0 Å². The Balaban J connectivity index is 1.33. The Morgan fingerprint density at radius 3 is 2.18 bits per heavy atom. The van der Waals surface area contributed by atoms with Gasteiger partial charge in [0.2, 0.25) is 5.91 Å². The molecule has 3 N–H and O–H groups in total. The molecule has 0 aliphatic rings. The van der Waals surface area contributed by atoms with E-state index in [1.165, 1.54) is 12.2 Å². The van der Waals surface area contributed by atoms with Gasteiger partial charge >= 0.3 is 0 Å². The van der Waals surface area contributed by atoms with Crippen molar-refractivity contribution in [2.45, 2.75) is 38.5 Å². The molecule has 0 saturated carbocycles. The minimum atomic E-state index is -3.19. The Hall–Kier alpha value is -4.45. The summed E-state index contributed by atoms with van der Waals surface area (Å²) in [6.45, 7) is 7.86. The molecule has 232 valence electrons. The van der Waals surface area contributed by atoms with Crippen LogP contribution >= 0.6 is 7.37 Å². The molecule has 0 saturated heterocycles. The second-order valence-corrected chi connectivity index (χ2v) is 15.1. The van der Waals surface area contributed by atoms with Crippen molar-refractivity contribution in [2.75, 3.05) is 24.7 Å². The molecule has 1 aromatic heterocycles. The number of para-hydroxylation sites is 1. The van der Waals surface area contributed by atoms with E-state index in [4.69, 9.17) is 4.42 Å². The van der Waals surface area contributed by atoms with Crippen LogP contribution in [0.3, 0.4) is 0 Å². The normalized spacial score (nSPS) is 13.6. The van der Waals surface area contributed by atoms with E-state index in [1.54, 1.807) is 12.1 Å². The fraction of sp³-hybridized carbons (Fsp3) is 0.243. The number of carbonyl (C=O) groups is 2. The minimum absolute atomic E-state index is 0.0144. The number of amides is 2. The third-order valence-corrected chi connectivity index (χ3v) is 8.88. The van der Waals surface area contributed by atoms with Crippen molar-refractivity contribution in [3.05, 3.63) is 125 Å². The summed E-state index contributed by atoms with van der Waals surface area (Å²) in [6.07, 6.45) is 0.452. The van der Waals surface area contributed by atoms with Crippen molar-refractivity contribution in [3.63, 3.8) is 0 Å². The second kappa shape index (κ2) is 13.3. The van der Waals surface area contributed by atoms with Gasteiger partial charge in [-0.3, -0.25) is 14.2 Å². The number of hydrogen-bond acceptors (Lipinski definition) is 4. The van der Waals surface area contributed by atoms with Crippen LogP contribution < -0.4 is 10.6 Å². The fourth-order valence-electron chi connectivity index (χ4n) is 5.16. The van der Waals surface area contributed by atoms with Crippen LogP contribution in [0.1, 0.15) is 53.7 Å². The molecule has 5 rings (SSSR count). The van der Waals surface area contributed by atoms with E-state index in [9.17, 15) is 19.0 Å². The van der Waals surface area contributed by atoms with E-state index in [-0.39, 0.29) is 29.9 Å². The highest BCUT2D eigenvalue weighted by molar-refractivity contribution is 7.57. The van der Waals surface area contributed by atoms with Crippen LogP contribution in [0.5, 0.6) is 0 Å².